The summed E-state index contributed by atoms with van der Waals surface area (Å²) in [6.45, 7) is 0.886. The highest BCUT2D eigenvalue weighted by molar-refractivity contribution is 6.30. The molecule has 2 aromatic rings. The van der Waals surface area contributed by atoms with Crippen LogP contribution in [0, 0.1) is 0 Å². The summed E-state index contributed by atoms with van der Waals surface area (Å²) < 4.78 is 5.78. The summed E-state index contributed by atoms with van der Waals surface area (Å²) in [5.41, 5.74) is 9.05. The maximum absolute atomic E-state index is 6.07. The number of nitrogens with two attached hydrogens (primary N) is 1. The molecule has 1 unspecified atom stereocenters. The third-order valence-corrected chi connectivity index (χ3v) is 4.21. The van der Waals surface area contributed by atoms with Crippen molar-refractivity contribution in [2.24, 2.45) is 0 Å². The lowest BCUT2D eigenvalue weighted by atomic mass is 9.99. The number of benzene rings is 1. The second-order valence-corrected chi connectivity index (χ2v) is 5.94. The zero-order valence-electron chi connectivity index (χ0n) is 11.9. The Bertz CT molecular complexity index is 605. The monoisotopic (exact) mass is 305 g/mol. The van der Waals surface area contributed by atoms with Gasteiger partial charge in [0.2, 0.25) is 0 Å². The average Bonchev–Trinajstić information content (AvgIpc) is 2.87. The number of halogens is 1. The van der Waals surface area contributed by atoms with E-state index >= 15 is 0 Å². The highest BCUT2D eigenvalue weighted by Gasteiger charge is 2.17. The molecule has 3 N–H and O–H groups in total. The molecule has 21 heavy (non-hydrogen) atoms. The largest absolute Gasteiger partial charge is 0.382 e. The van der Waals surface area contributed by atoms with E-state index in [0.29, 0.717) is 16.9 Å². The van der Waals surface area contributed by atoms with E-state index in [1.807, 2.05) is 24.3 Å². The Labute approximate surface area is 129 Å². The first kappa shape index (κ1) is 14.4. The van der Waals surface area contributed by atoms with E-state index in [1.165, 1.54) is 12.8 Å². The van der Waals surface area contributed by atoms with Crippen molar-refractivity contribution in [2.45, 2.75) is 38.2 Å². The number of nitrogens with zero attached hydrogens (tertiary/aromatic N) is 1. The molecule has 0 bridgehead atoms. The highest BCUT2D eigenvalue weighted by Crippen LogP contribution is 2.31. The van der Waals surface area contributed by atoms with E-state index in [0.717, 1.165) is 42.7 Å². The van der Waals surface area contributed by atoms with Gasteiger partial charge in [0.25, 0.3) is 0 Å². The third-order valence-electron chi connectivity index (χ3n) is 3.97. The standard InChI is InChI=1S/C16H20ClN3O/c17-12-5-3-4-11(10-12)15-14(19-20-16(15)18)8-7-13-6-1-2-9-21-13/h3-5,10,13H,1-2,6-9H2,(H3,18,19,20). The van der Waals surface area contributed by atoms with Gasteiger partial charge in [-0.25, -0.2) is 0 Å². The van der Waals surface area contributed by atoms with Crippen LogP contribution in [0.4, 0.5) is 5.82 Å². The van der Waals surface area contributed by atoms with E-state index in [-0.39, 0.29) is 0 Å². The van der Waals surface area contributed by atoms with E-state index in [9.17, 15) is 0 Å². The summed E-state index contributed by atoms with van der Waals surface area (Å²) in [6, 6.07) is 7.71. The molecule has 2 heterocycles. The second-order valence-electron chi connectivity index (χ2n) is 5.50. The zero-order chi connectivity index (χ0) is 14.7. The fourth-order valence-corrected chi connectivity index (χ4v) is 3.07. The van der Waals surface area contributed by atoms with Crippen LogP contribution in [0.5, 0.6) is 0 Å². The molecule has 1 saturated heterocycles. The van der Waals surface area contributed by atoms with E-state index in [2.05, 4.69) is 10.2 Å². The molecule has 1 aliphatic heterocycles. The number of hydrogen-bond donors (Lipinski definition) is 2. The molecule has 4 nitrogen and oxygen atoms in total. The number of aryl methyl sites for hydroxylation is 1. The first-order valence-electron chi connectivity index (χ1n) is 7.44. The Kier molecular flexibility index (Phi) is 4.46. The van der Waals surface area contributed by atoms with Gasteiger partial charge >= 0.3 is 0 Å². The normalized spacial score (nSPS) is 18.8. The van der Waals surface area contributed by atoms with Crippen molar-refractivity contribution in [3.05, 3.63) is 35.0 Å². The minimum absolute atomic E-state index is 0.357. The Hall–Kier alpha value is -1.52. The zero-order valence-corrected chi connectivity index (χ0v) is 12.7. The molecule has 0 radical (unpaired) electrons. The number of ether oxygens (including phenoxy) is 1. The fourth-order valence-electron chi connectivity index (χ4n) is 2.88. The van der Waals surface area contributed by atoms with Crippen LogP contribution in [0.3, 0.4) is 0 Å². The summed E-state index contributed by atoms with van der Waals surface area (Å²) >= 11 is 6.07. The molecule has 1 atom stereocenters. The Morgan fingerprint density at radius 3 is 3.05 bits per heavy atom. The van der Waals surface area contributed by atoms with Gasteiger partial charge in [0.15, 0.2) is 5.82 Å². The number of aromatic amines is 1. The van der Waals surface area contributed by atoms with Crippen molar-refractivity contribution in [3.63, 3.8) is 0 Å². The van der Waals surface area contributed by atoms with Crippen LogP contribution in [0.25, 0.3) is 11.1 Å². The quantitative estimate of drug-likeness (QED) is 0.902. The molecule has 5 heteroatoms. The number of nitrogen functional groups attached to an aromatic ring is 1. The molecule has 1 aromatic heterocycles. The average molecular weight is 306 g/mol. The van der Waals surface area contributed by atoms with E-state index in [1.54, 1.807) is 0 Å². The lowest BCUT2D eigenvalue weighted by molar-refractivity contribution is 0.0114. The maximum atomic E-state index is 6.07. The van der Waals surface area contributed by atoms with Crippen LogP contribution in [0.1, 0.15) is 31.4 Å². The number of anilines is 1. The van der Waals surface area contributed by atoms with Gasteiger partial charge in [-0.3, -0.25) is 5.10 Å². The number of hydrogen-bond acceptors (Lipinski definition) is 3. The SMILES string of the molecule is Nc1n[nH]c(CCC2CCCCO2)c1-c1cccc(Cl)c1. The van der Waals surface area contributed by atoms with Gasteiger partial charge in [0.1, 0.15) is 0 Å². The van der Waals surface area contributed by atoms with Crippen LogP contribution in [-0.4, -0.2) is 22.9 Å². The lowest BCUT2D eigenvalue weighted by Gasteiger charge is -2.22. The Balaban J connectivity index is 1.77. The third kappa shape index (κ3) is 3.39. The van der Waals surface area contributed by atoms with E-state index < -0.39 is 0 Å². The van der Waals surface area contributed by atoms with Crippen molar-refractivity contribution in [3.8, 4) is 11.1 Å². The maximum Gasteiger partial charge on any atom is 0.153 e. The predicted molar refractivity (Wildman–Crippen MR) is 85.4 cm³/mol. The fraction of sp³-hybridized carbons (Fsp3) is 0.438. The van der Waals surface area contributed by atoms with Crippen LogP contribution in [0.2, 0.25) is 5.02 Å². The first-order valence-corrected chi connectivity index (χ1v) is 7.82. The van der Waals surface area contributed by atoms with Crippen LogP contribution >= 0.6 is 11.6 Å². The van der Waals surface area contributed by atoms with Gasteiger partial charge in [-0.2, -0.15) is 5.10 Å². The van der Waals surface area contributed by atoms with Crippen molar-refractivity contribution in [1.29, 1.82) is 0 Å². The molecule has 1 aliphatic rings. The number of rotatable bonds is 4. The summed E-state index contributed by atoms with van der Waals surface area (Å²) in [6.07, 6.45) is 5.83. The van der Waals surface area contributed by atoms with Gasteiger partial charge in [0.05, 0.1) is 6.10 Å². The van der Waals surface area contributed by atoms with Gasteiger partial charge in [-0.1, -0.05) is 23.7 Å². The van der Waals surface area contributed by atoms with Gasteiger partial charge in [-0.05, 0) is 49.8 Å². The van der Waals surface area contributed by atoms with Crippen LogP contribution in [0.15, 0.2) is 24.3 Å². The van der Waals surface area contributed by atoms with Gasteiger partial charge < -0.3 is 10.5 Å². The molecule has 112 valence electrons. The molecule has 1 aromatic carbocycles. The number of aromatic nitrogens is 2. The number of nitrogens with one attached hydrogen (secondary N) is 1. The van der Waals surface area contributed by atoms with Crippen molar-refractivity contribution >= 4 is 17.4 Å². The molecule has 0 aliphatic carbocycles. The molecular formula is C16H20ClN3O. The minimum Gasteiger partial charge on any atom is -0.382 e. The predicted octanol–water partition coefficient (Wildman–Crippen LogP) is 3.81. The minimum atomic E-state index is 0.357. The first-order chi connectivity index (χ1) is 10.2. The molecule has 0 spiro atoms. The van der Waals surface area contributed by atoms with Crippen LogP contribution < -0.4 is 5.73 Å². The molecule has 1 fully saturated rings. The smallest absolute Gasteiger partial charge is 0.153 e. The molecular weight excluding hydrogens is 286 g/mol. The Morgan fingerprint density at radius 1 is 1.38 bits per heavy atom. The molecule has 3 rings (SSSR count). The van der Waals surface area contributed by atoms with E-state index in [4.69, 9.17) is 22.1 Å². The van der Waals surface area contributed by atoms with Crippen LogP contribution in [-0.2, 0) is 11.2 Å². The van der Waals surface area contributed by atoms with Gasteiger partial charge in [-0.15, -0.1) is 0 Å². The lowest BCUT2D eigenvalue weighted by Crippen LogP contribution is -2.19. The second kappa shape index (κ2) is 6.50. The van der Waals surface area contributed by atoms with Crippen molar-refractivity contribution < 1.29 is 4.74 Å². The summed E-state index contributed by atoms with van der Waals surface area (Å²) in [5.74, 6) is 0.525. The molecule has 0 saturated carbocycles. The van der Waals surface area contributed by atoms with Crippen molar-refractivity contribution in [1.82, 2.24) is 10.2 Å². The van der Waals surface area contributed by atoms with Crippen molar-refractivity contribution in [2.75, 3.05) is 12.3 Å². The summed E-state index contributed by atoms with van der Waals surface area (Å²) in [4.78, 5) is 0. The summed E-state index contributed by atoms with van der Waals surface area (Å²) in [7, 11) is 0. The van der Waals surface area contributed by atoms with Gasteiger partial charge in [0, 0.05) is 22.9 Å². The topological polar surface area (TPSA) is 63.9 Å². The summed E-state index contributed by atoms with van der Waals surface area (Å²) in [5, 5.41) is 7.92. The number of H-pyrrole nitrogens is 1. The molecule has 0 amide bonds. The Morgan fingerprint density at radius 2 is 2.29 bits per heavy atom. The highest BCUT2D eigenvalue weighted by atomic mass is 35.5.